The smallest absolute Gasteiger partial charge is 0.0610 e. The largest absolute Gasteiger partial charge is 0.395 e. The fourth-order valence-corrected chi connectivity index (χ4v) is 0.635. The molecule has 58 valence electrons. The molecule has 10 heavy (non-hydrogen) atoms. The summed E-state index contributed by atoms with van der Waals surface area (Å²) in [6.07, 6.45) is 3.85. The third-order valence-corrected chi connectivity index (χ3v) is 1.02. The van der Waals surface area contributed by atoms with Crippen LogP contribution in [0.4, 0.5) is 0 Å². The molecule has 1 aromatic heterocycles. The van der Waals surface area contributed by atoms with E-state index in [9.17, 15) is 0 Å². The van der Waals surface area contributed by atoms with Crippen molar-refractivity contribution < 1.29 is 5.11 Å². The molecule has 0 unspecified atom stereocenters. The Bertz CT molecular complexity index is 135. The molecule has 1 N–H and O–H groups in total. The van der Waals surface area contributed by atoms with Gasteiger partial charge in [-0.3, -0.25) is 0 Å². The lowest BCUT2D eigenvalue weighted by atomic mass is 10.7. The topological polar surface area (TPSA) is 25.2 Å². The molecule has 0 aromatic carbocycles. The van der Waals surface area contributed by atoms with Gasteiger partial charge in [0, 0.05) is 18.9 Å². The maximum Gasteiger partial charge on any atom is 0.0610 e. The molecule has 1 heterocycles. The zero-order chi connectivity index (χ0) is 7.82. The molecule has 0 fully saturated rings. The molecular weight excluding hydrogens is 126 g/mol. The lowest BCUT2D eigenvalue weighted by Crippen LogP contribution is -1.97. The summed E-state index contributed by atoms with van der Waals surface area (Å²) in [5.41, 5.74) is 0. The van der Waals surface area contributed by atoms with Gasteiger partial charge >= 0.3 is 0 Å². The summed E-state index contributed by atoms with van der Waals surface area (Å²) in [5.74, 6) is 0. The number of rotatable bonds is 2. The van der Waals surface area contributed by atoms with Crippen LogP contribution in [0.25, 0.3) is 0 Å². The molecule has 0 amide bonds. The maximum absolute atomic E-state index is 8.42. The summed E-state index contributed by atoms with van der Waals surface area (Å²) < 4.78 is 1.93. The van der Waals surface area contributed by atoms with Crippen LogP contribution in [-0.2, 0) is 6.54 Å². The Morgan fingerprint density at radius 1 is 1.20 bits per heavy atom. The van der Waals surface area contributed by atoms with Gasteiger partial charge in [-0.15, -0.1) is 0 Å². The summed E-state index contributed by atoms with van der Waals surface area (Å²) in [7, 11) is 0. The highest BCUT2D eigenvalue weighted by atomic mass is 16.3. The predicted molar refractivity (Wildman–Crippen MR) is 42.9 cm³/mol. The van der Waals surface area contributed by atoms with E-state index in [1.807, 2.05) is 42.9 Å². The van der Waals surface area contributed by atoms with Crippen molar-refractivity contribution in [1.82, 2.24) is 4.57 Å². The van der Waals surface area contributed by atoms with E-state index >= 15 is 0 Å². The maximum atomic E-state index is 8.42. The van der Waals surface area contributed by atoms with Crippen LogP contribution in [0.5, 0.6) is 0 Å². The zero-order valence-corrected chi connectivity index (χ0v) is 6.62. The highest BCUT2D eigenvalue weighted by Crippen LogP contribution is 1.86. The highest BCUT2D eigenvalue weighted by molar-refractivity contribution is 4.89. The van der Waals surface area contributed by atoms with Crippen molar-refractivity contribution in [2.75, 3.05) is 6.61 Å². The molecule has 0 saturated heterocycles. The Morgan fingerprint density at radius 2 is 1.70 bits per heavy atom. The Hall–Kier alpha value is -0.760. The summed E-state index contributed by atoms with van der Waals surface area (Å²) in [6.45, 7) is 4.92. The highest BCUT2D eigenvalue weighted by Gasteiger charge is 1.81. The van der Waals surface area contributed by atoms with E-state index in [-0.39, 0.29) is 6.61 Å². The number of aliphatic hydroxyl groups excluding tert-OH is 1. The minimum Gasteiger partial charge on any atom is -0.395 e. The molecule has 0 aliphatic heterocycles. The van der Waals surface area contributed by atoms with Crippen LogP contribution in [0.3, 0.4) is 0 Å². The lowest BCUT2D eigenvalue weighted by Gasteiger charge is -1.94. The van der Waals surface area contributed by atoms with Crippen LogP contribution in [0, 0.1) is 0 Å². The standard InChI is InChI=1S/C6H9NO.C2H6/c8-6-5-7-3-1-2-4-7;1-2/h1-4,8H,5-6H2;1-2H3. The second-order valence-electron chi connectivity index (χ2n) is 1.64. The molecule has 0 aliphatic rings. The molecule has 2 heteroatoms. The van der Waals surface area contributed by atoms with E-state index < -0.39 is 0 Å². The third kappa shape index (κ3) is 3.30. The van der Waals surface area contributed by atoms with Crippen LogP contribution in [-0.4, -0.2) is 16.3 Å². The van der Waals surface area contributed by atoms with E-state index in [2.05, 4.69) is 0 Å². The van der Waals surface area contributed by atoms with Crippen LogP contribution in [0.2, 0.25) is 0 Å². The predicted octanol–water partition coefficient (Wildman–Crippen LogP) is 1.51. The van der Waals surface area contributed by atoms with Crippen molar-refractivity contribution in [3.8, 4) is 0 Å². The fraction of sp³-hybridized carbons (Fsp3) is 0.500. The van der Waals surface area contributed by atoms with E-state index in [1.54, 1.807) is 0 Å². The van der Waals surface area contributed by atoms with Crippen molar-refractivity contribution in [2.45, 2.75) is 20.4 Å². The molecular formula is C8H15NO. The summed E-state index contributed by atoms with van der Waals surface area (Å²) in [5, 5.41) is 8.42. The first-order valence-corrected chi connectivity index (χ1v) is 3.65. The molecule has 0 aliphatic carbocycles. The van der Waals surface area contributed by atoms with Crippen LogP contribution >= 0.6 is 0 Å². The molecule has 0 radical (unpaired) electrons. The van der Waals surface area contributed by atoms with E-state index in [0.717, 1.165) is 0 Å². The minimum absolute atomic E-state index is 0.217. The van der Waals surface area contributed by atoms with Crippen molar-refractivity contribution >= 4 is 0 Å². The summed E-state index contributed by atoms with van der Waals surface area (Å²) in [4.78, 5) is 0. The molecule has 0 atom stereocenters. The van der Waals surface area contributed by atoms with E-state index in [4.69, 9.17) is 5.11 Å². The number of hydrogen-bond acceptors (Lipinski definition) is 1. The van der Waals surface area contributed by atoms with Gasteiger partial charge in [0.15, 0.2) is 0 Å². The SMILES string of the molecule is CC.OCCn1cccc1. The van der Waals surface area contributed by atoms with E-state index in [1.165, 1.54) is 0 Å². The lowest BCUT2D eigenvalue weighted by molar-refractivity contribution is 0.276. The van der Waals surface area contributed by atoms with Crippen molar-refractivity contribution in [2.24, 2.45) is 0 Å². The molecule has 0 saturated carbocycles. The number of aliphatic hydroxyl groups is 1. The Morgan fingerprint density at radius 3 is 2.10 bits per heavy atom. The van der Waals surface area contributed by atoms with Crippen molar-refractivity contribution in [3.63, 3.8) is 0 Å². The summed E-state index contributed by atoms with van der Waals surface area (Å²) >= 11 is 0. The Labute approximate surface area is 62.1 Å². The van der Waals surface area contributed by atoms with E-state index in [0.29, 0.717) is 6.54 Å². The average molecular weight is 141 g/mol. The van der Waals surface area contributed by atoms with Crippen LogP contribution < -0.4 is 0 Å². The van der Waals surface area contributed by atoms with Crippen LogP contribution in [0.15, 0.2) is 24.5 Å². The average Bonchev–Trinajstić information content (AvgIpc) is 2.46. The first-order chi connectivity index (χ1) is 4.93. The van der Waals surface area contributed by atoms with Gasteiger partial charge in [-0.25, -0.2) is 0 Å². The van der Waals surface area contributed by atoms with Gasteiger partial charge in [-0.05, 0) is 12.1 Å². The Kier molecular flexibility index (Phi) is 5.88. The molecule has 0 bridgehead atoms. The molecule has 1 rings (SSSR count). The van der Waals surface area contributed by atoms with Gasteiger partial charge in [0.25, 0.3) is 0 Å². The second-order valence-corrected chi connectivity index (χ2v) is 1.64. The number of nitrogens with zero attached hydrogens (tertiary/aromatic N) is 1. The summed E-state index contributed by atoms with van der Waals surface area (Å²) in [6, 6.07) is 3.88. The Balaban J connectivity index is 0.000000371. The fourth-order valence-electron chi connectivity index (χ4n) is 0.635. The third-order valence-electron chi connectivity index (χ3n) is 1.02. The molecule has 1 aromatic rings. The van der Waals surface area contributed by atoms with Crippen LogP contribution in [0.1, 0.15) is 13.8 Å². The first kappa shape index (κ1) is 9.24. The van der Waals surface area contributed by atoms with Crippen molar-refractivity contribution in [1.29, 1.82) is 0 Å². The normalized spacial score (nSPS) is 8.30. The quantitative estimate of drug-likeness (QED) is 0.663. The van der Waals surface area contributed by atoms with Gasteiger partial charge in [-0.2, -0.15) is 0 Å². The van der Waals surface area contributed by atoms with Gasteiger partial charge < -0.3 is 9.67 Å². The molecule has 0 spiro atoms. The van der Waals surface area contributed by atoms with Gasteiger partial charge in [0.1, 0.15) is 0 Å². The minimum atomic E-state index is 0.217. The number of hydrogen-bond donors (Lipinski definition) is 1. The first-order valence-electron chi connectivity index (χ1n) is 3.65. The van der Waals surface area contributed by atoms with Gasteiger partial charge in [-0.1, -0.05) is 13.8 Å². The van der Waals surface area contributed by atoms with Crippen molar-refractivity contribution in [3.05, 3.63) is 24.5 Å². The number of aromatic nitrogens is 1. The van der Waals surface area contributed by atoms with Gasteiger partial charge in [0.05, 0.1) is 6.61 Å². The second kappa shape index (κ2) is 6.36. The van der Waals surface area contributed by atoms with Gasteiger partial charge in [0.2, 0.25) is 0 Å². The molecule has 2 nitrogen and oxygen atoms in total. The zero-order valence-electron chi connectivity index (χ0n) is 6.62. The monoisotopic (exact) mass is 141 g/mol.